The van der Waals surface area contributed by atoms with E-state index < -0.39 is 5.97 Å². The molecule has 0 aliphatic carbocycles. The minimum absolute atomic E-state index is 0.0615. The van der Waals surface area contributed by atoms with Crippen LogP contribution in [0.2, 0.25) is 0 Å². The second-order valence-electron chi connectivity index (χ2n) is 4.06. The number of nitrogens with zero attached hydrogens (tertiary/aromatic N) is 1. The van der Waals surface area contributed by atoms with E-state index in [9.17, 15) is 9.59 Å². The van der Waals surface area contributed by atoms with Crippen molar-refractivity contribution < 1.29 is 19.1 Å². The maximum Gasteiger partial charge on any atom is 0.325 e. The molecule has 0 aliphatic rings. The Kier molecular flexibility index (Phi) is 6.02. The molecule has 0 saturated carbocycles. The first-order chi connectivity index (χ1) is 9.10. The van der Waals surface area contributed by atoms with Gasteiger partial charge in [0.25, 0.3) is 5.91 Å². The van der Waals surface area contributed by atoms with Crippen molar-refractivity contribution in [3.63, 3.8) is 0 Å². The monoisotopic (exact) mass is 265 g/mol. The summed E-state index contributed by atoms with van der Waals surface area (Å²) in [5.74, 6) is -0.636. The van der Waals surface area contributed by atoms with Gasteiger partial charge in [-0.25, -0.2) is 0 Å². The number of rotatable bonds is 6. The molecule has 0 spiro atoms. The topological polar surface area (TPSA) is 55.8 Å². The number of esters is 1. The maximum absolute atomic E-state index is 12.2. The van der Waals surface area contributed by atoms with E-state index in [0.717, 1.165) is 5.56 Å². The quantitative estimate of drug-likeness (QED) is 0.731. The highest BCUT2D eigenvalue weighted by Crippen LogP contribution is 2.12. The number of methoxy groups -OCH3 is 1. The van der Waals surface area contributed by atoms with Crippen LogP contribution in [0.1, 0.15) is 22.8 Å². The average Bonchev–Trinajstić information content (AvgIpc) is 2.39. The smallest absolute Gasteiger partial charge is 0.325 e. The molecule has 0 aromatic heterocycles. The summed E-state index contributed by atoms with van der Waals surface area (Å²) in [6.07, 6.45) is 0. The minimum Gasteiger partial charge on any atom is -0.465 e. The zero-order valence-electron chi connectivity index (χ0n) is 11.5. The normalized spacial score (nSPS) is 10.1. The fourth-order valence-electron chi connectivity index (χ4n) is 1.69. The van der Waals surface area contributed by atoms with Crippen LogP contribution in [-0.2, 0) is 20.9 Å². The molecule has 0 bridgehead atoms. The molecular weight excluding hydrogens is 246 g/mol. The van der Waals surface area contributed by atoms with Gasteiger partial charge in [0.05, 0.1) is 13.2 Å². The first-order valence-corrected chi connectivity index (χ1v) is 6.08. The lowest BCUT2D eigenvalue weighted by Crippen LogP contribution is -2.33. The molecular formula is C14H19NO4. The van der Waals surface area contributed by atoms with Gasteiger partial charge in [-0.05, 0) is 18.6 Å². The molecule has 0 atom stereocenters. The highest BCUT2D eigenvalue weighted by Gasteiger charge is 2.18. The number of carbonyl (C=O) groups excluding carboxylic acids is 2. The van der Waals surface area contributed by atoms with E-state index in [-0.39, 0.29) is 12.5 Å². The average molecular weight is 265 g/mol. The van der Waals surface area contributed by atoms with Crippen molar-refractivity contribution in [2.45, 2.75) is 13.5 Å². The first kappa shape index (κ1) is 15.2. The largest absolute Gasteiger partial charge is 0.465 e. The van der Waals surface area contributed by atoms with E-state index in [4.69, 9.17) is 9.47 Å². The molecule has 0 heterocycles. The molecule has 0 fully saturated rings. The molecule has 104 valence electrons. The van der Waals surface area contributed by atoms with Crippen LogP contribution < -0.4 is 0 Å². The van der Waals surface area contributed by atoms with Gasteiger partial charge in [-0.2, -0.15) is 0 Å². The van der Waals surface area contributed by atoms with Gasteiger partial charge in [-0.3, -0.25) is 9.59 Å². The lowest BCUT2D eigenvalue weighted by Gasteiger charge is -2.17. The maximum atomic E-state index is 12.2. The fraction of sp³-hybridized carbons (Fsp3) is 0.429. The van der Waals surface area contributed by atoms with Gasteiger partial charge in [0.1, 0.15) is 6.54 Å². The number of hydrogen-bond donors (Lipinski definition) is 0. The summed E-state index contributed by atoms with van der Waals surface area (Å²) in [6, 6.07) is 7.17. The summed E-state index contributed by atoms with van der Waals surface area (Å²) in [7, 11) is 3.15. The zero-order valence-corrected chi connectivity index (χ0v) is 11.5. The van der Waals surface area contributed by atoms with Gasteiger partial charge in [-0.15, -0.1) is 0 Å². The Hall–Kier alpha value is -1.88. The van der Waals surface area contributed by atoms with E-state index in [0.29, 0.717) is 18.8 Å². The highest BCUT2D eigenvalue weighted by molar-refractivity contribution is 5.97. The summed E-state index contributed by atoms with van der Waals surface area (Å²) >= 11 is 0. The Bertz CT molecular complexity index is 445. The van der Waals surface area contributed by atoms with Crippen molar-refractivity contribution in [1.29, 1.82) is 0 Å². The Balaban J connectivity index is 2.79. The third-order valence-electron chi connectivity index (χ3n) is 2.57. The van der Waals surface area contributed by atoms with Crippen molar-refractivity contribution >= 4 is 11.9 Å². The molecule has 5 nitrogen and oxygen atoms in total. The van der Waals surface area contributed by atoms with Crippen molar-refractivity contribution in [2.75, 3.05) is 27.3 Å². The van der Waals surface area contributed by atoms with Crippen LogP contribution >= 0.6 is 0 Å². The van der Waals surface area contributed by atoms with E-state index in [1.807, 2.05) is 12.1 Å². The van der Waals surface area contributed by atoms with Crippen LogP contribution in [0.5, 0.6) is 0 Å². The summed E-state index contributed by atoms with van der Waals surface area (Å²) < 4.78 is 9.87. The lowest BCUT2D eigenvalue weighted by molar-refractivity contribution is -0.143. The molecule has 0 saturated heterocycles. The molecule has 1 aromatic rings. The van der Waals surface area contributed by atoms with Crippen molar-refractivity contribution in [2.24, 2.45) is 0 Å². The van der Waals surface area contributed by atoms with Crippen molar-refractivity contribution in [3.8, 4) is 0 Å². The van der Waals surface area contributed by atoms with Gasteiger partial charge >= 0.3 is 5.97 Å². The summed E-state index contributed by atoms with van der Waals surface area (Å²) in [5, 5.41) is 0. The number of ether oxygens (including phenoxy) is 2. The Morgan fingerprint density at radius 1 is 1.26 bits per heavy atom. The van der Waals surface area contributed by atoms with Crippen LogP contribution in [0.3, 0.4) is 0 Å². The number of benzene rings is 1. The number of hydrogen-bond acceptors (Lipinski definition) is 4. The van der Waals surface area contributed by atoms with E-state index >= 15 is 0 Å². The van der Waals surface area contributed by atoms with E-state index in [1.54, 1.807) is 33.2 Å². The Morgan fingerprint density at radius 2 is 1.95 bits per heavy atom. The molecule has 0 aliphatic heterocycles. The molecule has 0 radical (unpaired) electrons. The Morgan fingerprint density at radius 3 is 2.58 bits per heavy atom. The van der Waals surface area contributed by atoms with Crippen LogP contribution in [0.4, 0.5) is 0 Å². The minimum atomic E-state index is -0.414. The van der Waals surface area contributed by atoms with Crippen molar-refractivity contribution in [1.82, 2.24) is 4.90 Å². The second kappa shape index (κ2) is 7.53. The summed E-state index contributed by atoms with van der Waals surface area (Å²) in [5.41, 5.74) is 1.34. The molecule has 1 rings (SSSR count). The molecule has 0 unspecified atom stereocenters. The predicted octanol–water partition coefficient (Wildman–Crippen LogP) is 1.47. The van der Waals surface area contributed by atoms with Gasteiger partial charge in [-0.1, -0.05) is 18.2 Å². The number of amides is 1. The number of likely N-dealkylation sites (N-methyl/N-ethyl adjacent to an activating group) is 1. The second-order valence-corrected chi connectivity index (χ2v) is 4.06. The predicted molar refractivity (Wildman–Crippen MR) is 70.7 cm³/mol. The molecule has 0 N–H and O–H groups in total. The van der Waals surface area contributed by atoms with Crippen LogP contribution in [0, 0.1) is 0 Å². The number of carbonyl (C=O) groups is 2. The lowest BCUT2D eigenvalue weighted by atomic mass is 10.1. The first-order valence-electron chi connectivity index (χ1n) is 6.08. The standard InChI is InChI=1S/C14H19NO4/c1-4-19-13(16)9-15(2)14(17)12-8-6-5-7-11(12)10-18-3/h5-8H,4,9-10H2,1-3H3. The van der Waals surface area contributed by atoms with Gasteiger partial charge in [0.2, 0.25) is 0 Å². The Labute approximate surface area is 113 Å². The van der Waals surface area contributed by atoms with E-state index in [1.165, 1.54) is 4.90 Å². The summed E-state index contributed by atoms with van der Waals surface area (Å²) in [6.45, 7) is 2.33. The van der Waals surface area contributed by atoms with E-state index in [2.05, 4.69) is 0 Å². The highest BCUT2D eigenvalue weighted by atomic mass is 16.5. The SMILES string of the molecule is CCOC(=O)CN(C)C(=O)c1ccccc1COC. The molecule has 1 aromatic carbocycles. The van der Waals surface area contributed by atoms with Gasteiger partial charge < -0.3 is 14.4 Å². The third-order valence-corrected chi connectivity index (χ3v) is 2.57. The molecule has 5 heteroatoms. The zero-order chi connectivity index (χ0) is 14.3. The van der Waals surface area contributed by atoms with Crippen molar-refractivity contribution in [3.05, 3.63) is 35.4 Å². The van der Waals surface area contributed by atoms with Crippen LogP contribution in [0.25, 0.3) is 0 Å². The molecule has 19 heavy (non-hydrogen) atoms. The van der Waals surface area contributed by atoms with Gasteiger partial charge in [0.15, 0.2) is 0 Å². The third kappa shape index (κ3) is 4.37. The molecule has 1 amide bonds. The van der Waals surface area contributed by atoms with Crippen LogP contribution in [-0.4, -0.2) is 44.1 Å². The fourth-order valence-corrected chi connectivity index (χ4v) is 1.69. The summed E-state index contributed by atoms with van der Waals surface area (Å²) in [4.78, 5) is 24.9. The van der Waals surface area contributed by atoms with Gasteiger partial charge in [0, 0.05) is 19.7 Å². The van der Waals surface area contributed by atoms with Crippen LogP contribution in [0.15, 0.2) is 24.3 Å².